The van der Waals surface area contributed by atoms with E-state index in [0.29, 0.717) is 5.92 Å². The van der Waals surface area contributed by atoms with Crippen molar-refractivity contribution in [3.63, 3.8) is 0 Å². The second kappa shape index (κ2) is 9.57. The van der Waals surface area contributed by atoms with Crippen LogP contribution in [0, 0.1) is 0 Å². The molecule has 1 aromatic rings. The van der Waals surface area contributed by atoms with E-state index in [1.807, 2.05) is 0 Å². The summed E-state index contributed by atoms with van der Waals surface area (Å²) in [7, 11) is 1.73. The van der Waals surface area contributed by atoms with Gasteiger partial charge in [-0.1, -0.05) is 28.1 Å². The van der Waals surface area contributed by atoms with Crippen LogP contribution in [0.5, 0.6) is 0 Å². The maximum absolute atomic E-state index is 5.72. The van der Waals surface area contributed by atoms with Crippen molar-refractivity contribution in [2.75, 3.05) is 33.5 Å². The maximum Gasteiger partial charge on any atom is 0.0487 e. The Balaban J connectivity index is 1.77. The Morgan fingerprint density at radius 1 is 1.29 bits per heavy atom. The molecule has 1 aromatic carbocycles. The Morgan fingerprint density at radius 2 is 2.14 bits per heavy atom. The van der Waals surface area contributed by atoms with Crippen molar-refractivity contribution in [2.24, 2.45) is 0 Å². The Bertz CT molecular complexity index is 410. The highest BCUT2D eigenvalue weighted by atomic mass is 79.9. The molecule has 0 aromatic heterocycles. The Kier molecular flexibility index (Phi) is 7.72. The van der Waals surface area contributed by atoms with Crippen LogP contribution < -0.4 is 5.32 Å². The van der Waals surface area contributed by atoms with Crippen LogP contribution in [0.3, 0.4) is 0 Å². The molecule has 0 aliphatic heterocycles. The van der Waals surface area contributed by atoms with E-state index in [-0.39, 0.29) is 0 Å². The van der Waals surface area contributed by atoms with Gasteiger partial charge in [-0.05, 0) is 49.3 Å². The van der Waals surface area contributed by atoms with Crippen LogP contribution in [0.4, 0.5) is 0 Å². The molecule has 1 aliphatic rings. The van der Waals surface area contributed by atoms with Crippen LogP contribution in [-0.4, -0.2) is 39.5 Å². The fourth-order valence-electron chi connectivity index (χ4n) is 2.38. The summed E-state index contributed by atoms with van der Waals surface area (Å²) in [6.07, 6.45) is 4.69. The molecule has 0 bridgehead atoms. The third kappa shape index (κ3) is 6.92. The highest BCUT2D eigenvalue weighted by molar-refractivity contribution is 9.10. The van der Waals surface area contributed by atoms with Crippen LogP contribution in [0.2, 0.25) is 0 Å². The van der Waals surface area contributed by atoms with E-state index in [1.165, 1.54) is 18.4 Å². The minimum absolute atomic E-state index is 0.519. The molecular formula is C17H26BrNO2. The summed E-state index contributed by atoms with van der Waals surface area (Å²) in [5.74, 6) is 0.519. The van der Waals surface area contributed by atoms with Crippen molar-refractivity contribution in [3.8, 4) is 0 Å². The molecule has 0 spiro atoms. The fourth-order valence-corrected chi connectivity index (χ4v) is 2.79. The summed E-state index contributed by atoms with van der Waals surface area (Å²) in [6, 6.07) is 9.39. The Hall–Kier alpha value is -0.420. The van der Waals surface area contributed by atoms with Gasteiger partial charge in [0.15, 0.2) is 0 Å². The van der Waals surface area contributed by atoms with Gasteiger partial charge in [0.05, 0.1) is 0 Å². The smallest absolute Gasteiger partial charge is 0.0487 e. The van der Waals surface area contributed by atoms with Gasteiger partial charge in [0.1, 0.15) is 0 Å². The van der Waals surface area contributed by atoms with Gasteiger partial charge < -0.3 is 14.8 Å². The predicted molar refractivity (Wildman–Crippen MR) is 89.8 cm³/mol. The maximum atomic E-state index is 5.72. The average Bonchev–Trinajstić information content (AvgIpc) is 3.30. The molecule has 118 valence electrons. The molecule has 21 heavy (non-hydrogen) atoms. The summed E-state index contributed by atoms with van der Waals surface area (Å²) >= 11 is 3.57. The number of halogens is 1. The molecule has 2 rings (SSSR count). The van der Waals surface area contributed by atoms with Crippen molar-refractivity contribution >= 4 is 15.9 Å². The molecule has 1 atom stereocenters. The first-order valence-electron chi connectivity index (χ1n) is 7.85. The summed E-state index contributed by atoms with van der Waals surface area (Å²) in [6.45, 7) is 3.42. The normalized spacial score (nSPS) is 16.1. The molecule has 3 nitrogen and oxygen atoms in total. The molecule has 1 N–H and O–H groups in total. The standard InChI is InChI=1S/C17H26BrNO2/c1-20-9-3-10-21-11-8-15(13-19-17-6-7-17)14-4-2-5-16(18)12-14/h2,4-5,12,15,17,19H,3,6-11,13H2,1H3. The lowest BCUT2D eigenvalue weighted by Gasteiger charge is -2.18. The van der Waals surface area contributed by atoms with Crippen molar-refractivity contribution in [1.82, 2.24) is 5.32 Å². The first-order chi connectivity index (χ1) is 10.3. The number of hydrogen-bond acceptors (Lipinski definition) is 3. The van der Waals surface area contributed by atoms with E-state index in [2.05, 4.69) is 45.5 Å². The largest absolute Gasteiger partial charge is 0.385 e. The molecule has 1 saturated carbocycles. The van der Waals surface area contributed by atoms with Gasteiger partial charge in [0.25, 0.3) is 0 Å². The fraction of sp³-hybridized carbons (Fsp3) is 0.647. The van der Waals surface area contributed by atoms with Crippen LogP contribution in [0.25, 0.3) is 0 Å². The number of ether oxygens (including phenoxy) is 2. The zero-order valence-electron chi connectivity index (χ0n) is 12.8. The van der Waals surface area contributed by atoms with E-state index < -0.39 is 0 Å². The van der Waals surface area contributed by atoms with Crippen LogP contribution >= 0.6 is 15.9 Å². The van der Waals surface area contributed by atoms with Crippen molar-refractivity contribution in [1.29, 1.82) is 0 Å². The van der Waals surface area contributed by atoms with Crippen molar-refractivity contribution in [3.05, 3.63) is 34.3 Å². The highest BCUT2D eigenvalue weighted by Gasteiger charge is 2.22. The molecule has 1 aliphatic carbocycles. The summed E-state index contributed by atoms with van der Waals surface area (Å²) in [5, 5.41) is 3.64. The van der Waals surface area contributed by atoms with Gasteiger partial charge in [-0.15, -0.1) is 0 Å². The monoisotopic (exact) mass is 355 g/mol. The van der Waals surface area contributed by atoms with Gasteiger partial charge in [0.2, 0.25) is 0 Å². The molecule has 1 unspecified atom stereocenters. The third-order valence-electron chi connectivity index (χ3n) is 3.80. The van der Waals surface area contributed by atoms with Crippen LogP contribution in [0.15, 0.2) is 28.7 Å². The van der Waals surface area contributed by atoms with Crippen LogP contribution in [-0.2, 0) is 9.47 Å². The van der Waals surface area contributed by atoms with Crippen molar-refractivity contribution in [2.45, 2.75) is 37.6 Å². The van der Waals surface area contributed by atoms with Gasteiger partial charge in [0, 0.05) is 44.0 Å². The summed E-state index contributed by atoms with van der Waals surface area (Å²) < 4.78 is 11.9. The zero-order chi connectivity index (χ0) is 14.9. The highest BCUT2D eigenvalue weighted by Crippen LogP contribution is 2.25. The van der Waals surface area contributed by atoms with E-state index in [0.717, 1.165) is 49.7 Å². The number of benzene rings is 1. The minimum atomic E-state index is 0.519. The SMILES string of the molecule is COCCCOCCC(CNC1CC1)c1cccc(Br)c1. The number of nitrogens with one attached hydrogen (secondary N) is 1. The summed E-state index contributed by atoms with van der Waals surface area (Å²) in [5.41, 5.74) is 1.39. The quantitative estimate of drug-likeness (QED) is 0.613. The Labute approximate surface area is 136 Å². The predicted octanol–water partition coefficient (Wildman–Crippen LogP) is 3.73. The third-order valence-corrected chi connectivity index (χ3v) is 4.29. The van der Waals surface area contributed by atoms with E-state index in [9.17, 15) is 0 Å². The van der Waals surface area contributed by atoms with Gasteiger partial charge >= 0.3 is 0 Å². The summed E-state index contributed by atoms with van der Waals surface area (Å²) in [4.78, 5) is 0. The molecular weight excluding hydrogens is 330 g/mol. The number of methoxy groups -OCH3 is 1. The van der Waals surface area contributed by atoms with Gasteiger partial charge in [-0.2, -0.15) is 0 Å². The second-order valence-electron chi connectivity index (χ2n) is 5.68. The lowest BCUT2D eigenvalue weighted by Crippen LogP contribution is -2.24. The van der Waals surface area contributed by atoms with E-state index in [1.54, 1.807) is 7.11 Å². The van der Waals surface area contributed by atoms with Crippen molar-refractivity contribution < 1.29 is 9.47 Å². The molecule has 0 heterocycles. The average molecular weight is 356 g/mol. The molecule has 0 amide bonds. The van der Waals surface area contributed by atoms with Gasteiger partial charge in [-0.25, -0.2) is 0 Å². The molecule has 0 radical (unpaired) electrons. The molecule has 1 fully saturated rings. The molecule has 4 heteroatoms. The number of rotatable bonds is 11. The lowest BCUT2D eigenvalue weighted by atomic mass is 9.96. The first kappa shape index (κ1) is 16.9. The Morgan fingerprint density at radius 3 is 2.86 bits per heavy atom. The first-order valence-corrected chi connectivity index (χ1v) is 8.64. The topological polar surface area (TPSA) is 30.5 Å². The van der Waals surface area contributed by atoms with Crippen LogP contribution in [0.1, 0.15) is 37.2 Å². The zero-order valence-corrected chi connectivity index (χ0v) is 14.4. The van der Waals surface area contributed by atoms with Gasteiger partial charge in [-0.3, -0.25) is 0 Å². The van der Waals surface area contributed by atoms with E-state index in [4.69, 9.17) is 9.47 Å². The minimum Gasteiger partial charge on any atom is -0.385 e. The van der Waals surface area contributed by atoms with E-state index >= 15 is 0 Å². The second-order valence-corrected chi connectivity index (χ2v) is 6.60. The lowest BCUT2D eigenvalue weighted by molar-refractivity contribution is 0.0980. The molecule has 0 saturated heterocycles. The number of hydrogen-bond donors (Lipinski definition) is 1.